The van der Waals surface area contributed by atoms with Crippen molar-refractivity contribution in [2.24, 2.45) is 0 Å². The molecule has 9 heteroatoms. The van der Waals surface area contributed by atoms with Gasteiger partial charge in [-0.25, -0.2) is 4.68 Å². The molecule has 1 saturated heterocycles. The number of anilines is 2. The minimum Gasteiger partial charge on any atom is -0.356 e. The molecule has 2 atom stereocenters. The number of hydrogen-bond donors (Lipinski definition) is 2. The number of carbonyl (C=O) groups excluding carboxylic acids is 2. The molecule has 0 spiro atoms. The Hall–Kier alpha value is -3.75. The maximum atomic E-state index is 12.8. The highest BCUT2D eigenvalue weighted by Gasteiger charge is 2.41. The molecule has 2 aliphatic heterocycles. The second kappa shape index (κ2) is 6.45. The fraction of sp³-hybridized carbons (Fsp3) is 0.211. The Labute approximate surface area is 160 Å². The Morgan fingerprint density at radius 2 is 2.07 bits per heavy atom. The summed E-state index contributed by atoms with van der Waals surface area (Å²) in [6.07, 6.45) is 2.04. The van der Waals surface area contributed by atoms with Gasteiger partial charge in [0.2, 0.25) is 5.91 Å². The Balaban J connectivity index is 1.33. The van der Waals surface area contributed by atoms with Crippen LogP contribution in [0.5, 0.6) is 0 Å². The molecule has 28 heavy (non-hydrogen) atoms. The Morgan fingerprint density at radius 1 is 1.18 bits per heavy atom. The first kappa shape index (κ1) is 16.4. The van der Waals surface area contributed by atoms with Crippen LogP contribution < -0.4 is 15.5 Å². The highest BCUT2D eigenvalue weighted by molar-refractivity contribution is 6.04. The summed E-state index contributed by atoms with van der Waals surface area (Å²) in [7, 11) is 0. The van der Waals surface area contributed by atoms with E-state index in [1.165, 1.54) is 11.0 Å². The van der Waals surface area contributed by atoms with Gasteiger partial charge in [-0.15, -0.1) is 5.10 Å². The zero-order valence-electron chi connectivity index (χ0n) is 14.8. The van der Waals surface area contributed by atoms with Gasteiger partial charge in [0.05, 0.1) is 17.1 Å². The van der Waals surface area contributed by atoms with Crippen LogP contribution in [0.15, 0.2) is 54.9 Å². The van der Waals surface area contributed by atoms with E-state index in [9.17, 15) is 9.59 Å². The lowest BCUT2D eigenvalue weighted by atomic mass is 10.1. The van der Waals surface area contributed by atoms with Gasteiger partial charge in [0.15, 0.2) is 0 Å². The van der Waals surface area contributed by atoms with Crippen LogP contribution in [-0.2, 0) is 4.79 Å². The van der Waals surface area contributed by atoms with Gasteiger partial charge in [-0.1, -0.05) is 18.2 Å². The number of tetrazole rings is 1. The summed E-state index contributed by atoms with van der Waals surface area (Å²) in [5.41, 5.74) is 3.02. The molecular formula is C19H17N7O2. The Bertz CT molecular complexity index is 1050. The van der Waals surface area contributed by atoms with E-state index in [0.29, 0.717) is 24.2 Å². The first-order chi connectivity index (χ1) is 13.7. The summed E-state index contributed by atoms with van der Waals surface area (Å²) in [4.78, 5) is 27.3. The molecule has 2 unspecified atom stereocenters. The molecule has 0 saturated carbocycles. The number of nitrogens with one attached hydrogen (secondary N) is 2. The molecule has 2 aliphatic rings. The number of hydrogen-bond acceptors (Lipinski definition) is 6. The van der Waals surface area contributed by atoms with Crippen LogP contribution in [0.2, 0.25) is 0 Å². The fourth-order valence-corrected chi connectivity index (χ4v) is 3.84. The number of amides is 2. The second-order valence-corrected chi connectivity index (χ2v) is 6.89. The molecule has 2 amide bonds. The molecule has 0 bridgehead atoms. The SMILES string of the molecule is O=C(NC1CC2C(=O)Nc3ccccc3N2C1)c1cccc(-n2cnnn2)c1. The average molecular weight is 375 g/mol. The zero-order chi connectivity index (χ0) is 19.1. The predicted molar refractivity (Wildman–Crippen MR) is 101 cm³/mol. The van der Waals surface area contributed by atoms with E-state index in [-0.39, 0.29) is 23.9 Å². The quantitative estimate of drug-likeness (QED) is 0.707. The lowest BCUT2D eigenvalue weighted by Gasteiger charge is -2.32. The zero-order valence-corrected chi connectivity index (χ0v) is 14.8. The predicted octanol–water partition coefficient (Wildman–Crippen LogP) is 0.992. The van der Waals surface area contributed by atoms with Crippen LogP contribution in [0.4, 0.5) is 11.4 Å². The number of aromatic nitrogens is 4. The van der Waals surface area contributed by atoms with Crippen molar-refractivity contribution in [2.75, 3.05) is 16.8 Å². The number of nitrogens with zero attached hydrogens (tertiary/aromatic N) is 5. The highest BCUT2D eigenvalue weighted by Crippen LogP contribution is 2.36. The minimum atomic E-state index is -0.271. The van der Waals surface area contributed by atoms with Crippen LogP contribution in [-0.4, -0.2) is 50.7 Å². The molecule has 1 fully saturated rings. The van der Waals surface area contributed by atoms with E-state index in [0.717, 1.165) is 11.4 Å². The molecule has 1 aromatic heterocycles. The largest absolute Gasteiger partial charge is 0.356 e. The molecule has 9 nitrogen and oxygen atoms in total. The van der Waals surface area contributed by atoms with Gasteiger partial charge in [-0.05, 0) is 47.2 Å². The monoisotopic (exact) mass is 375 g/mol. The molecule has 5 rings (SSSR count). The van der Waals surface area contributed by atoms with Gasteiger partial charge in [-0.2, -0.15) is 0 Å². The van der Waals surface area contributed by atoms with Gasteiger partial charge < -0.3 is 15.5 Å². The number of para-hydroxylation sites is 2. The van der Waals surface area contributed by atoms with E-state index in [2.05, 4.69) is 31.1 Å². The van der Waals surface area contributed by atoms with Gasteiger partial charge in [0, 0.05) is 18.2 Å². The van der Waals surface area contributed by atoms with Gasteiger partial charge in [-0.3, -0.25) is 9.59 Å². The molecule has 2 N–H and O–H groups in total. The van der Waals surface area contributed by atoms with E-state index < -0.39 is 0 Å². The van der Waals surface area contributed by atoms with Crippen molar-refractivity contribution in [3.63, 3.8) is 0 Å². The Kier molecular flexibility index (Phi) is 3.78. The number of rotatable bonds is 3. The first-order valence-electron chi connectivity index (χ1n) is 9.00. The van der Waals surface area contributed by atoms with Crippen molar-refractivity contribution in [1.82, 2.24) is 25.5 Å². The summed E-state index contributed by atoms with van der Waals surface area (Å²) < 4.78 is 1.49. The lowest BCUT2D eigenvalue weighted by molar-refractivity contribution is -0.117. The second-order valence-electron chi connectivity index (χ2n) is 6.89. The van der Waals surface area contributed by atoms with Crippen molar-refractivity contribution >= 4 is 23.2 Å². The topological polar surface area (TPSA) is 105 Å². The molecule has 2 aromatic carbocycles. The summed E-state index contributed by atoms with van der Waals surface area (Å²) in [6, 6.07) is 14.4. The van der Waals surface area contributed by atoms with E-state index in [4.69, 9.17) is 0 Å². The summed E-state index contributed by atoms with van der Waals surface area (Å²) >= 11 is 0. The maximum Gasteiger partial charge on any atom is 0.251 e. The van der Waals surface area contributed by atoms with Crippen LogP contribution >= 0.6 is 0 Å². The summed E-state index contributed by atoms with van der Waals surface area (Å²) in [5, 5.41) is 17.1. The van der Waals surface area contributed by atoms with Gasteiger partial charge >= 0.3 is 0 Å². The number of fused-ring (bicyclic) bond motifs is 3. The molecule has 0 aliphatic carbocycles. The number of carbonyl (C=O) groups is 2. The first-order valence-corrected chi connectivity index (χ1v) is 9.00. The third-order valence-corrected chi connectivity index (χ3v) is 5.13. The third kappa shape index (κ3) is 2.77. The van der Waals surface area contributed by atoms with Crippen molar-refractivity contribution < 1.29 is 9.59 Å². The normalized spacial score (nSPS) is 20.3. The van der Waals surface area contributed by atoms with E-state index >= 15 is 0 Å². The van der Waals surface area contributed by atoms with Crippen LogP contribution in [0, 0.1) is 0 Å². The fourth-order valence-electron chi connectivity index (χ4n) is 3.84. The van der Waals surface area contributed by atoms with Crippen molar-refractivity contribution in [1.29, 1.82) is 0 Å². The van der Waals surface area contributed by atoms with Crippen molar-refractivity contribution in [3.8, 4) is 5.69 Å². The number of benzene rings is 2. The van der Waals surface area contributed by atoms with Crippen LogP contribution in [0.25, 0.3) is 5.69 Å². The molecule has 0 radical (unpaired) electrons. The molecule has 3 aromatic rings. The minimum absolute atomic E-state index is 0.0314. The van der Waals surface area contributed by atoms with Crippen molar-refractivity contribution in [3.05, 3.63) is 60.4 Å². The average Bonchev–Trinajstić information content (AvgIpc) is 3.39. The lowest BCUT2D eigenvalue weighted by Crippen LogP contribution is -2.44. The van der Waals surface area contributed by atoms with E-state index in [1.807, 2.05) is 30.3 Å². The van der Waals surface area contributed by atoms with Crippen molar-refractivity contribution in [2.45, 2.75) is 18.5 Å². The smallest absolute Gasteiger partial charge is 0.251 e. The molecule has 3 heterocycles. The maximum absolute atomic E-state index is 12.8. The van der Waals surface area contributed by atoms with Crippen LogP contribution in [0.1, 0.15) is 16.8 Å². The summed E-state index contributed by atoms with van der Waals surface area (Å²) in [5.74, 6) is -0.218. The molecule has 140 valence electrons. The van der Waals surface area contributed by atoms with Crippen LogP contribution in [0.3, 0.4) is 0 Å². The standard InChI is InChI=1S/C19H17N7O2/c27-18(12-4-3-5-14(8-12)26-11-20-23-24-26)21-13-9-17-19(28)22-15-6-1-2-7-16(15)25(17)10-13/h1-8,11,13,17H,9-10H2,(H,21,27)(H,22,28). The van der Waals surface area contributed by atoms with Gasteiger partial charge in [0.1, 0.15) is 12.4 Å². The highest BCUT2D eigenvalue weighted by atomic mass is 16.2. The Morgan fingerprint density at radius 3 is 2.93 bits per heavy atom. The third-order valence-electron chi connectivity index (χ3n) is 5.13. The summed E-state index contributed by atoms with van der Waals surface area (Å²) in [6.45, 7) is 0.591. The van der Waals surface area contributed by atoms with Gasteiger partial charge in [0.25, 0.3) is 5.91 Å². The molecular weight excluding hydrogens is 358 g/mol. The van der Waals surface area contributed by atoms with E-state index in [1.54, 1.807) is 18.2 Å².